The normalized spacial score (nSPS) is 13.3. The van der Waals surface area contributed by atoms with E-state index in [-0.39, 0.29) is 24.9 Å². The van der Waals surface area contributed by atoms with E-state index < -0.39 is 0 Å². The fourth-order valence-corrected chi connectivity index (χ4v) is 4.78. The van der Waals surface area contributed by atoms with Crippen LogP contribution in [0, 0.1) is 11.3 Å². The molecule has 2 N–H and O–H groups in total. The van der Waals surface area contributed by atoms with Gasteiger partial charge < -0.3 is 10.6 Å². The molecule has 0 radical (unpaired) electrons. The Morgan fingerprint density at radius 1 is 1.21 bits per heavy atom. The Bertz CT molecular complexity index is 936. The quantitative estimate of drug-likeness (QED) is 0.622. The molecule has 152 valence electrons. The SMILES string of the molecule is CN(CC(=O)Nc1ccc(Br)cn1)CC(=O)Nc1sc2c(c1C#N)CCCCC2. The zero-order chi connectivity index (χ0) is 20.8. The van der Waals surface area contributed by atoms with Crippen LogP contribution in [-0.4, -0.2) is 41.8 Å². The molecule has 1 aliphatic rings. The molecule has 0 fully saturated rings. The summed E-state index contributed by atoms with van der Waals surface area (Å²) in [6.07, 6.45) is 6.84. The Labute approximate surface area is 182 Å². The topological polar surface area (TPSA) is 98.1 Å². The number of hydrogen-bond acceptors (Lipinski definition) is 6. The summed E-state index contributed by atoms with van der Waals surface area (Å²) >= 11 is 4.80. The summed E-state index contributed by atoms with van der Waals surface area (Å²) in [6.45, 7) is 0.103. The molecule has 0 aliphatic heterocycles. The maximum absolute atomic E-state index is 12.4. The molecule has 29 heavy (non-hydrogen) atoms. The Morgan fingerprint density at radius 2 is 1.93 bits per heavy atom. The van der Waals surface area contributed by atoms with Gasteiger partial charge in [0.15, 0.2) is 0 Å². The molecule has 2 amide bonds. The first kappa shape index (κ1) is 21.4. The number of aromatic nitrogens is 1. The summed E-state index contributed by atoms with van der Waals surface area (Å²) in [4.78, 5) is 31.5. The molecule has 9 heteroatoms. The van der Waals surface area contributed by atoms with Crippen molar-refractivity contribution < 1.29 is 9.59 Å². The maximum atomic E-state index is 12.4. The standard InChI is InChI=1S/C20H22BrN5O2S/c1-26(11-18(27)24-17-8-7-13(21)10-23-17)12-19(28)25-20-15(9-22)14-5-3-2-4-6-16(14)29-20/h7-8,10H,2-6,11-12H2,1H3,(H,25,28)(H,23,24,27). The number of nitriles is 1. The van der Waals surface area contributed by atoms with Crippen molar-refractivity contribution in [3.63, 3.8) is 0 Å². The number of rotatable bonds is 6. The number of halogens is 1. The highest BCUT2D eigenvalue weighted by Gasteiger charge is 2.21. The van der Waals surface area contributed by atoms with E-state index in [9.17, 15) is 14.9 Å². The minimum absolute atomic E-state index is 0.0502. The number of carbonyl (C=O) groups is 2. The number of likely N-dealkylation sites (N-methyl/N-ethyl adjacent to an activating group) is 1. The summed E-state index contributed by atoms with van der Waals surface area (Å²) in [5.41, 5.74) is 1.70. The van der Waals surface area contributed by atoms with Crippen LogP contribution in [0.2, 0.25) is 0 Å². The zero-order valence-corrected chi connectivity index (χ0v) is 18.5. The number of anilines is 2. The van der Waals surface area contributed by atoms with Crippen molar-refractivity contribution >= 4 is 49.9 Å². The van der Waals surface area contributed by atoms with Gasteiger partial charge in [0.2, 0.25) is 11.8 Å². The summed E-state index contributed by atoms with van der Waals surface area (Å²) in [5.74, 6) is -0.0413. The Kier molecular flexibility index (Phi) is 7.36. The fraction of sp³-hybridized carbons (Fsp3) is 0.400. The van der Waals surface area contributed by atoms with Gasteiger partial charge in [-0.2, -0.15) is 5.26 Å². The van der Waals surface area contributed by atoms with Gasteiger partial charge in [0.25, 0.3) is 0 Å². The largest absolute Gasteiger partial charge is 0.315 e. The first-order chi connectivity index (χ1) is 14.0. The van der Waals surface area contributed by atoms with Crippen molar-refractivity contribution in [2.45, 2.75) is 32.1 Å². The summed E-state index contributed by atoms with van der Waals surface area (Å²) < 4.78 is 0.826. The van der Waals surface area contributed by atoms with Crippen molar-refractivity contribution in [1.29, 1.82) is 5.26 Å². The van der Waals surface area contributed by atoms with Gasteiger partial charge in [-0.15, -0.1) is 11.3 Å². The molecule has 0 saturated carbocycles. The fourth-order valence-electron chi connectivity index (χ4n) is 3.29. The summed E-state index contributed by atoms with van der Waals surface area (Å²) in [5, 5.41) is 15.7. The van der Waals surface area contributed by atoms with Crippen LogP contribution in [0.25, 0.3) is 0 Å². The lowest BCUT2D eigenvalue weighted by Crippen LogP contribution is -2.36. The maximum Gasteiger partial charge on any atom is 0.239 e. The molecule has 0 spiro atoms. The van der Waals surface area contributed by atoms with Crippen molar-refractivity contribution in [3.05, 3.63) is 38.8 Å². The first-order valence-corrected chi connectivity index (χ1v) is 11.0. The van der Waals surface area contributed by atoms with Crippen LogP contribution in [0.3, 0.4) is 0 Å². The average molecular weight is 476 g/mol. The molecular weight excluding hydrogens is 454 g/mol. The van der Waals surface area contributed by atoms with Gasteiger partial charge in [-0.05, 0) is 66.4 Å². The van der Waals surface area contributed by atoms with Crippen LogP contribution in [0.5, 0.6) is 0 Å². The summed E-state index contributed by atoms with van der Waals surface area (Å²) in [6, 6.07) is 5.74. The lowest BCUT2D eigenvalue weighted by molar-refractivity contribution is -0.119. The lowest BCUT2D eigenvalue weighted by Gasteiger charge is -2.15. The second kappa shape index (κ2) is 9.96. The monoisotopic (exact) mass is 475 g/mol. The number of fused-ring (bicyclic) bond motifs is 1. The third-order valence-corrected chi connectivity index (χ3v) is 6.28. The van der Waals surface area contributed by atoms with Crippen molar-refractivity contribution in [2.24, 2.45) is 0 Å². The van der Waals surface area contributed by atoms with Gasteiger partial charge in [0.05, 0.1) is 18.7 Å². The smallest absolute Gasteiger partial charge is 0.239 e. The van der Waals surface area contributed by atoms with E-state index in [1.54, 1.807) is 30.3 Å². The van der Waals surface area contributed by atoms with E-state index in [0.29, 0.717) is 16.4 Å². The van der Waals surface area contributed by atoms with Gasteiger partial charge in [-0.25, -0.2) is 4.98 Å². The Balaban J connectivity index is 1.54. The molecule has 2 heterocycles. The molecule has 0 unspecified atom stereocenters. The van der Waals surface area contributed by atoms with E-state index in [0.717, 1.165) is 35.7 Å². The molecular formula is C20H22BrN5O2S. The number of aryl methyl sites for hydroxylation is 1. The van der Waals surface area contributed by atoms with E-state index in [4.69, 9.17) is 0 Å². The van der Waals surface area contributed by atoms with Crippen LogP contribution in [0.4, 0.5) is 10.8 Å². The van der Waals surface area contributed by atoms with E-state index in [1.807, 2.05) is 0 Å². The average Bonchev–Trinajstić information content (AvgIpc) is 2.82. The van der Waals surface area contributed by atoms with Gasteiger partial charge >= 0.3 is 0 Å². The number of pyridine rings is 1. The number of nitrogens with zero attached hydrogens (tertiary/aromatic N) is 3. The molecule has 2 aromatic rings. The third-order valence-electron chi connectivity index (χ3n) is 4.61. The van der Waals surface area contributed by atoms with Crippen LogP contribution >= 0.6 is 27.3 Å². The highest BCUT2D eigenvalue weighted by Crippen LogP contribution is 2.36. The Morgan fingerprint density at radius 3 is 2.62 bits per heavy atom. The van der Waals surface area contributed by atoms with Crippen molar-refractivity contribution in [2.75, 3.05) is 30.8 Å². The molecule has 0 aromatic carbocycles. The predicted octanol–water partition coefficient (Wildman–Crippen LogP) is 3.56. The Hall–Kier alpha value is -2.28. The predicted molar refractivity (Wildman–Crippen MR) is 117 cm³/mol. The zero-order valence-electron chi connectivity index (χ0n) is 16.1. The highest BCUT2D eigenvalue weighted by atomic mass is 79.9. The van der Waals surface area contributed by atoms with Crippen LogP contribution in [0.15, 0.2) is 22.8 Å². The number of carbonyl (C=O) groups excluding carboxylic acids is 2. The van der Waals surface area contributed by atoms with Crippen molar-refractivity contribution in [3.8, 4) is 6.07 Å². The molecule has 0 saturated heterocycles. The van der Waals surface area contributed by atoms with Gasteiger partial charge in [0.1, 0.15) is 16.9 Å². The molecule has 0 atom stereocenters. The molecule has 2 aromatic heterocycles. The van der Waals surface area contributed by atoms with Crippen LogP contribution < -0.4 is 10.6 Å². The minimum Gasteiger partial charge on any atom is -0.315 e. The molecule has 1 aliphatic carbocycles. The number of thiophene rings is 1. The number of nitrogens with one attached hydrogen (secondary N) is 2. The van der Waals surface area contributed by atoms with E-state index >= 15 is 0 Å². The first-order valence-electron chi connectivity index (χ1n) is 9.40. The highest BCUT2D eigenvalue weighted by molar-refractivity contribution is 9.10. The molecule has 3 rings (SSSR count). The molecule has 0 bridgehead atoms. The lowest BCUT2D eigenvalue weighted by atomic mass is 10.1. The van der Waals surface area contributed by atoms with Crippen LogP contribution in [0.1, 0.15) is 35.3 Å². The van der Waals surface area contributed by atoms with E-state index in [2.05, 4.69) is 37.6 Å². The third kappa shape index (κ3) is 5.85. The number of hydrogen-bond donors (Lipinski definition) is 2. The molecule has 7 nitrogen and oxygen atoms in total. The van der Waals surface area contributed by atoms with Gasteiger partial charge in [-0.3, -0.25) is 14.5 Å². The van der Waals surface area contributed by atoms with Gasteiger partial charge in [0, 0.05) is 15.5 Å². The van der Waals surface area contributed by atoms with Crippen LogP contribution in [-0.2, 0) is 22.4 Å². The van der Waals surface area contributed by atoms with Gasteiger partial charge in [-0.1, -0.05) is 6.42 Å². The van der Waals surface area contributed by atoms with Crippen molar-refractivity contribution in [1.82, 2.24) is 9.88 Å². The second-order valence-electron chi connectivity index (χ2n) is 7.01. The second-order valence-corrected chi connectivity index (χ2v) is 9.03. The van der Waals surface area contributed by atoms with E-state index in [1.165, 1.54) is 22.6 Å². The minimum atomic E-state index is -0.254. The summed E-state index contributed by atoms with van der Waals surface area (Å²) in [7, 11) is 1.70. The number of amides is 2.